The summed E-state index contributed by atoms with van der Waals surface area (Å²) in [6.07, 6.45) is 0.937. The Morgan fingerprint density at radius 1 is 1.33 bits per heavy atom. The van der Waals surface area contributed by atoms with Gasteiger partial charge in [-0.05, 0) is 43.9 Å². The van der Waals surface area contributed by atoms with Gasteiger partial charge in [-0.3, -0.25) is 4.79 Å². The van der Waals surface area contributed by atoms with Crippen molar-refractivity contribution in [3.63, 3.8) is 0 Å². The van der Waals surface area contributed by atoms with Crippen LogP contribution in [0.4, 0.5) is 0 Å². The number of likely N-dealkylation sites (tertiary alicyclic amines) is 1. The largest absolute Gasteiger partial charge is 0.336 e. The zero-order valence-corrected chi connectivity index (χ0v) is 14.4. The number of rotatable bonds is 2. The van der Waals surface area contributed by atoms with Crippen molar-refractivity contribution in [2.45, 2.75) is 38.1 Å². The predicted octanol–water partition coefficient (Wildman–Crippen LogP) is 3.45. The van der Waals surface area contributed by atoms with Gasteiger partial charge in [-0.25, -0.2) is 8.42 Å². The Kier molecular flexibility index (Phi) is 4.57. The summed E-state index contributed by atoms with van der Waals surface area (Å²) in [5.74, 6) is 0.230. The third kappa shape index (κ3) is 3.35. The van der Waals surface area contributed by atoms with Crippen molar-refractivity contribution in [3.8, 4) is 0 Å². The third-order valence-electron chi connectivity index (χ3n) is 3.86. The summed E-state index contributed by atoms with van der Waals surface area (Å²) in [4.78, 5) is 14.3. The monoisotopic (exact) mass is 349 g/mol. The van der Waals surface area contributed by atoms with Gasteiger partial charge in [0.25, 0.3) is 15.0 Å². The van der Waals surface area contributed by atoms with E-state index in [2.05, 4.69) is 6.92 Å². The third-order valence-corrected chi connectivity index (χ3v) is 5.53. The smallest absolute Gasteiger partial charge is 0.261 e. The molecule has 0 radical (unpaired) electrons. The second-order valence-corrected chi connectivity index (χ2v) is 8.63. The first kappa shape index (κ1) is 16.6. The molecule has 0 aromatic heterocycles. The van der Waals surface area contributed by atoms with Crippen LogP contribution in [-0.2, 0) is 9.05 Å². The van der Waals surface area contributed by atoms with Gasteiger partial charge in [0.1, 0.15) is 0 Å². The first-order valence-electron chi connectivity index (χ1n) is 6.67. The quantitative estimate of drug-likeness (QED) is 0.768. The summed E-state index contributed by atoms with van der Waals surface area (Å²) in [6.45, 7) is 6.31. The summed E-state index contributed by atoms with van der Waals surface area (Å²) in [5, 5.41) is 0.183. The van der Waals surface area contributed by atoms with Gasteiger partial charge in [-0.15, -0.1) is 0 Å². The fourth-order valence-corrected chi connectivity index (χ4v) is 4.37. The minimum atomic E-state index is -3.94. The molecule has 4 nitrogen and oxygen atoms in total. The topological polar surface area (TPSA) is 54.5 Å². The van der Waals surface area contributed by atoms with Crippen molar-refractivity contribution in [1.82, 2.24) is 4.90 Å². The number of hydrogen-bond donors (Lipinski definition) is 0. The highest BCUT2D eigenvalue weighted by Gasteiger charge is 2.32. The Hall–Kier alpha value is -0.780. The molecule has 0 spiro atoms. The highest BCUT2D eigenvalue weighted by molar-refractivity contribution is 8.13. The first-order chi connectivity index (χ1) is 9.61. The SMILES string of the molecule is Cc1c(C(=O)N2CC(C)CC2C)cc(Cl)cc1S(=O)(=O)Cl. The summed E-state index contributed by atoms with van der Waals surface area (Å²) >= 11 is 5.95. The minimum absolute atomic E-state index is 0.111. The molecule has 1 aromatic carbocycles. The molecule has 0 bridgehead atoms. The average molecular weight is 350 g/mol. The van der Waals surface area contributed by atoms with E-state index in [0.29, 0.717) is 23.6 Å². The van der Waals surface area contributed by atoms with Crippen molar-refractivity contribution < 1.29 is 13.2 Å². The molecule has 116 valence electrons. The summed E-state index contributed by atoms with van der Waals surface area (Å²) in [6, 6.07) is 2.90. The van der Waals surface area contributed by atoms with Gasteiger partial charge in [0, 0.05) is 33.9 Å². The highest BCUT2D eigenvalue weighted by Crippen LogP contribution is 2.30. The highest BCUT2D eigenvalue weighted by atomic mass is 35.7. The van der Waals surface area contributed by atoms with Gasteiger partial charge in [0.05, 0.1) is 4.90 Å². The molecule has 1 aliphatic rings. The maximum Gasteiger partial charge on any atom is 0.261 e. The molecule has 1 amide bonds. The van der Waals surface area contributed by atoms with E-state index >= 15 is 0 Å². The van der Waals surface area contributed by atoms with Crippen LogP contribution in [0.5, 0.6) is 0 Å². The molecule has 1 aromatic rings. The average Bonchev–Trinajstić information content (AvgIpc) is 2.68. The fraction of sp³-hybridized carbons (Fsp3) is 0.500. The molecule has 1 heterocycles. The molecule has 0 saturated carbocycles. The van der Waals surface area contributed by atoms with Gasteiger partial charge < -0.3 is 4.90 Å². The van der Waals surface area contributed by atoms with Crippen molar-refractivity contribution in [2.75, 3.05) is 6.54 Å². The van der Waals surface area contributed by atoms with Crippen LogP contribution in [0.2, 0.25) is 5.02 Å². The van der Waals surface area contributed by atoms with Crippen LogP contribution in [-0.4, -0.2) is 31.8 Å². The van der Waals surface area contributed by atoms with Gasteiger partial charge in [0.2, 0.25) is 0 Å². The van der Waals surface area contributed by atoms with E-state index in [0.717, 1.165) is 6.42 Å². The molecule has 1 fully saturated rings. The fourth-order valence-electron chi connectivity index (χ4n) is 2.87. The van der Waals surface area contributed by atoms with Crippen LogP contribution >= 0.6 is 22.3 Å². The molecular formula is C14H17Cl2NO3S. The van der Waals surface area contributed by atoms with Crippen molar-refractivity contribution >= 4 is 37.2 Å². The Balaban J connectivity index is 2.50. The standard InChI is InChI=1S/C14H17Cl2NO3S/c1-8-4-9(2)17(7-8)14(18)12-5-11(15)6-13(10(12)3)21(16,19)20/h5-6,8-9H,4,7H2,1-3H3. The van der Waals surface area contributed by atoms with Crippen molar-refractivity contribution in [3.05, 3.63) is 28.3 Å². The molecular weight excluding hydrogens is 333 g/mol. The minimum Gasteiger partial charge on any atom is -0.336 e. The van der Waals surface area contributed by atoms with E-state index in [1.165, 1.54) is 12.1 Å². The number of nitrogens with zero attached hydrogens (tertiary/aromatic N) is 1. The van der Waals surface area contributed by atoms with Crippen LogP contribution in [0.1, 0.15) is 36.2 Å². The number of carbonyl (C=O) groups is 1. The number of amides is 1. The zero-order chi connectivity index (χ0) is 15.9. The molecule has 2 unspecified atom stereocenters. The van der Waals surface area contributed by atoms with E-state index in [-0.39, 0.29) is 21.9 Å². The molecule has 2 rings (SSSR count). The van der Waals surface area contributed by atoms with E-state index in [4.69, 9.17) is 22.3 Å². The summed E-state index contributed by atoms with van der Waals surface area (Å²) < 4.78 is 23.2. The second kappa shape index (κ2) is 5.78. The lowest BCUT2D eigenvalue weighted by Crippen LogP contribution is -2.34. The van der Waals surface area contributed by atoms with Gasteiger partial charge in [-0.2, -0.15) is 0 Å². The molecule has 21 heavy (non-hydrogen) atoms. The lowest BCUT2D eigenvalue weighted by atomic mass is 10.1. The second-order valence-electron chi connectivity index (χ2n) is 5.66. The van der Waals surface area contributed by atoms with E-state index in [9.17, 15) is 13.2 Å². The van der Waals surface area contributed by atoms with Gasteiger partial charge >= 0.3 is 0 Å². The molecule has 1 aliphatic heterocycles. The normalized spacial score (nSPS) is 22.6. The first-order valence-corrected chi connectivity index (χ1v) is 9.35. The maximum atomic E-state index is 12.7. The number of carbonyl (C=O) groups excluding carboxylic acids is 1. The van der Waals surface area contributed by atoms with Crippen LogP contribution in [0.3, 0.4) is 0 Å². The van der Waals surface area contributed by atoms with E-state index in [1.54, 1.807) is 11.8 Å². The maximum absolute atomic E-state index is 12.7. The van der Waals surface area contributed by atoms with Crippen LogP contribution in [0.25, 0.3) is 0 Å². The van der Waals surface area contributed by atoms with Gasteiger partial charge in [-0.1, -0.05) is 18.5 Å². The lowest BCUT2D eigenvalue weighted by molar-refractivity contribution is 0.0742. The van der Waals surface area contributed by atoms with Crippen LogP contribution in [0, 0.1) is 12.8 Å². The Labute approximate surface area is 134 Å². The zero-order valence-electron chi connectivity index (χ0n) is 12.1. The van der Waals surface area contributed by atoms with Crippen molar-refractivity contribution in [2.24, 2.45) is 5.92 Å². The Morgan fingerprint density at radius 2 is 1.95 bits per heavy atom. The summed E-state index contributed by atoms with van der Waals surface area (Å²) in [7, 11) is 1.47. The molecule has 7 heteroatoms. The number of benzene rings is 1. The predicted molar refractivity (Wildman–Crippen MR) is 83.5 cm³/mol. The Morgan fingerprint density at radius 3 is 2.43 bits per heavy atom. The summed E-state index contributed by atoms with van der Waals surface area (Å²) in [5.41, 5.74) is 0.633. The van der Waals surface area contributed by atoms with Crippen LogP contribution < -0.4 is 0 Å². The van der Waals surface area contributed by atoms with Crippen LogP contribution in [0.15, 0.2) is 17.0 Å². The lowest BCUT2D eigenvalue weighted by Gasteiger charge is -2.23. The van der Waals surface area contributed by atoms with Gasteiger partial charge in [0.15, 0.2) is 0 Å². The molecule has 0 aliphatic carbocycles. The Bertz CT molecular complexity index is 688. The van der Waals surface area contributed by atoms with E-state index < -0.39 is 9.05 Å². The molecule has 2 atom stereocenters. The molecule has 0 N–H and O–H groups in total. The number of hydrogen-bond acceptors (Lipinski definition) is 3. The number of halogens is 2. The van der Waals surface area contributed by atoms with Crippen molar-refractivity contribution in [1.29, 1.82) is 0 Å². The van der Waals surface area contributed by atoms with E-state index in [1.807, 2.05) is 6.92 Å². The molecule has 1 saturated heterocycles.